The van der Waals surface area contributed by atoms with E-state index < -0.39 is 0 Å². The van der Waals surface area contributed by atoms with Gasteiger partial charge in [0.1, 0.15) is 6.54 Å². The standard InChI is InChI=1S/C39H37N3S/c43-39(41-31-18-6-2-7-19-31)40-26-12-3-13-27-42-37-32-20-10-8-14-28(32)22-24-34(37)36(30-16-4-1-5-17-30)35-25-23-29-15-9-11-21-33(29)38(35)42/h1-2,4-11,14-21H,3,12-13,22-27H2,(H-,40,41,43)/p+1. The number of para-hydroxylation sites is 1. The van der Waals surface area contributed by atoms with Gasteiger partial charge in [-0.15, -0.1) is 0 Å². The molecule has 0 atom stereocenters. The molecule has 43 heavy (non-hydrogen) atoms. The van der Waals surface area contributed by atoms with Crippen molar-refractivity contribution in [3.63, 3.8) is 0 Å². The van der Waals surface area contributed by atoms with Gasteiger partial charge in [-0.2, -0.15) is 4.57 Å². The van der Waals surface area contributed by atoms with E-state index in [4.69, 9.17) is 12.2 Å². The number of benzene rings is 4. The molecule has 1 heterocycles. The van der Waals surface area contributed by atoms with Crippen molar-refractivity contribution < 1.29 is 4.57 Å². The zero-order chi connectivity index (χ0) is 29.0. The highest BCUT2D eigenvalue weighted by Gasteiger charge is 2.37. The van der Waals surface area contributed by atoms with Crippen molar-refractivity contribution in [1.82, 2.24) is 5.32 Å². The van der Waals surface area contributed by atoms with Crippen molar-refractivity contribution in [3.05, 3.63) is 131 Å². The maximum Gasteiger partial charge on any atom is 0.217 e. The first-order valence-corrected chi connectivity index (χ1v) is 16.1. The van der Waals surface area contributed by atoms with Gasteiger partial charge in [0.05, 0.1) is 0 Å². The molecule has 4 aromatic carbocycles. The number of pyridine rings is 1. The van der Waals surface area contributed by atoms with Gasteiger partial charge in [-0.05, 0) is 91.7 Å². The first-order valence-electron chi connectivity index (χ1n) is 15.7. The summed E-state index contributed by atoms with van der Waals surface area (Å²) in [6.45, 7) is 1.88. The minimum Gasteiger partial charge on any atom is -0.362 e. The minimum atomic E-state index is 0.688. The lowest BCUT2D eigenvalue weighted by Crippen LogP contribution is -2.43. The second-order valence-electron chi connectivity index (χ2n) is 11.7. The summed E-state index contributed by atoms with van der Waals surface area (Å²) in [5.41, 5.74) is 15.5. The average Bonchev–Trinajstić information content (AvgIpc) is 3.06. The summed E-state index contributed by atoms with van der Waals surface area (Å²) in [5.74, 6) is 0. The lowest BCUT2D eigenvalue weighted by atomic mass is 9.77. The summed E-state index contributed by atoms with van der Waals surface area (Å²) >= 11 is 5.53. The van der Waals surface area contributed by atoms with Crippen LogP contribution in [0.3, 0.4) is 0 Å². The minimum absolute atomic E-state index is 0.688. The molecule has 0 aliphatic heterocycles. The van der Waals surface area contributed by atoms with Crippen LogP contribution in [0.2, 0.25) is 0 Å². The third kappa shape index (κ3) is 5.60. The molecule has 2 aliphatic rings. The first kappa shape index (κ1) is 27.5. The van der Waals surface area contributed by atoms with E-state index in [0.29, 0.717) is 5.11 Å². The van der Waals surface area contributed by atoms with E-state index in [1.165, 1.54) is 55.9 Å². The molecule has 3 nitrogen and oxygen atoms in total. The van der Waals surface area contributed by atoms with Crippen LogP contribution in [-0.4, -0.2) is 11.7 Å². The summed E-state index contributed by atoms with van der Waals surface area (Å²) in [4.78, 5) is 0. The highest BCUT2D eigenvalue weighted by atomic mass is 32.1. The molecule has 2 N–H and O–H groups in total. The Hall–Kier alpha value is -4.28. The fraction of sp³-hybridized carbons (Fsp3) is 0.231. The van der Waals surface area contributed by atoms with Crippen molar-refractivity contribution in [2.75, 3.05) is 11.9 Å². The molecular weight excluding hydrogens is 543 g/mol. The van der Waals surface area contributed by atoms with E-state index in [-0.39, 0.29) is 0 Å². The molecule has 0 saturated heterocycles. The maximum absolute atomic E-state index is 5.53. The Labute approximate surface area is 260 Å². The van der Waals surface area contributed by atoms with Gasteiger partial charge in [0.25, 0.3) is 0 Å². The number of nitrogens with zero attached hydrogens (tertiary/aromatic N) is 1. The number of hydrogen-bond donors (Lipinski definition) is 2. The monoisotopic (exact) mass is 580 g/mol. The van der Waals surface area contributed by atoms with Gasteiger partial charge in [0, 0.05) is 46.5 Å². The number of aromatic nitrogens is 1. The molecule has 0 bridgehead atoms. The van der Waals surface area contributed by atoms with Crippen molar-refractivity contribution in [2.24, 2.45) is 0 Å². The highest BCUT2D eigenvalue weighted by molar-refractivity contribution is 7.80. The van der Waals surface area contributed by atoms with Crippen LogP contribution in [-0.2, 0) is 32.2 Å². The van der Waals surface area contributed by atoms with Gasteiger partial charge in [-0.3, -0.25) is 0 Å². The molecular formula is C39H38N3S+. The lowest BCUT2D eigenvalue weighted by molar-refractivity contribution is -0.676. The van der Waals surface area contributed by atoms with Gasteiger partial charge in [0.2, 0.25) is 11.4 Å². The fourth-order valence-electron chi connectivity index (χ4n) is 7.06. The van der Waals surface area contributed by atoms with Crippen LogP contribution in [0.15, 0.2) is 109 Å². The SMILES string of the molecule is S=C(NCCCCC[n+]1c2c(c(-c3ccccc3)c3c1-c1ccccc1CC3)CCc1ccccc1-2)Nc1ccccc1. The maximum atomic E-state index is 5.53. The Kier molecular flexibility index (Phi) is 8.02. The molecule has 214 valence electrons. The van der Waals surface area contributed by atoms with Crippen molar-refractivity contribution in [1.29, 1.82) is 0 Å². The van der Waals surface area contributed by atoms with Gasteiger partial charge < -0.3 is 10.6 Å². The summed E-state index contributed by atoms with van der Waals surface area (Å²) in [6.07, 6.45) is 7.71. The summed E-state index contributed by atoms with van der Waals surface area (Å²) in [6, 6.07) is 39.4. The zero-order valence-electron chi connectivity index (χ0n) is 24.6. The molecule has 0 radical (unpaired) electrons. The Morgan fingerprint density at radius 2 is 1.16 bits per heavy atom. The van der Waals surface area contributed by atoms with Crippen molar-refractivity contribution in [3.8, 4) is 33.6 Å². The van der Waals surface area contributed by atoms with Crippen LogP contribution in [0.5, 0.6) is 0 Å². The van der Waals surface area contributed by atoms with Crippen LogP contribution in [0, 0.1) is 0 Å². The number of unbranched alkanes of at least 4 members (excludes halogenated alkanes) is 2. The molecule has 0 unspecified atom stereocenters. The van der Waals surface area contributed by atoms with E-state index in [9.17, 15) is 0 Å². The molecule has 0 amide bonds. The topological polar surface area (TPSA) is 27.9 Å². The second kappa shape index (κ2) is 12.5. The fourth-order valence-corrected chi connectivity index (χ4v) is 7.28. The summed E-state index contributed by atoms with van der Waals surface area (Å²) in [7, 11) is 0. The Bertz CT molecular complexity index is 1680. The number of thiocarbonyl (C=S) groups is 1. The molecule has 0 fully saturated rings. The van der Waals surface area contributed by atoms with E-state index in [1.54, 1.807) is 0 Å². The number of hydrogen-bond acceptors (Lipinski definition) is 1. The molecule has 0 saturated carbocycles. The van der Waals surface area contributed by atoms with Gasteiger partial charge >= 0.3 is 0 Å². The third-order valence-electron chi connectivity index (χ3n) is 8.99. The van der Waals surface area contributed by atoms with E-state index >= 15 is 0 Å². The molecule has 5 aromatic rings. The molecule has 4 heteroatoms. The smallest absolute Gasteiger partial charge is 0.217 e. The molecule has 1 aromatic heterocycles. The van der Waals surface area contributed by atoms with Crippen LogP contribution in [0.25, 0.3) is 33.6 Å². The largest absolute Gasteiger partial charge is 0.362 e. The highest BCUT2D eigenvalue weighted by Crippen LogP contribution is 2.44. The van der Waals surface area contributed by atoms with E-state index in [0.717, 1.165) is 63.7 Å². The van der Waals surface area contributed by atoms with Crippen LogP contribution in [0.1, 0.15) is 41.5 Å². The van der Waals surface area contributed by atoms with Crippen LogP contribution < -0.4 is 15.2 Å². The lowest BCUT2D eigenvalue weighted by Gasteiger charge is -2.28. The average molecular weight is 581 g/mol. The predicted octanol–water partition coefficient (Wildman–Crippen LogP) is 8.33. The number of aryl methyl sites for hydroxylation is 2. The Morgan fingerprint density at radius 1 is 0.605 bits per heavy atom. The molecule has 0 spiro atoms. The van der Waals surface area contributed by atoms with E-state index in [2.05, 4.69) is 94.1 Å². The predicted molar refractivity (Wildman–Crippen MR) is 182 cm³/mol. The first-order chi connectivity index (χ1) is 21.3. The van der Waals surface area contributed by atoms with Gasteiger partial charge in [-0.25, -0.2) is 0 Å². The number of nitrogens with one attached hydrogen (secondary N) is 2. The van der Waals surface area contributed by atoms with Crippen molar-refractivity contribution >= 4 is 23.0 Å². The molecule has 7 rings (SSSR count). The van der Waals surface area contributed by atoms with Crippen LogP contribution in [0.4, 0.5) is 5.69 Å². The number of fused-ring (bicyclic) bond motifs is 6. The van der Waals surface area contributed by atoms with Gasteiger partial charge in [-0.1, -0.05) is 84.9 Å². The van der Waals surface area contributed by atoms with Crippen LogP contribution >= 0.6 is 12.2 Å². The third-order valence-corrected chi connectivity index (χ3v) is 9.23. The van der Waals surface area contributed by atoms with E-state index in [1.807, 2.05) is 30.3 Å². The normalized spacial score (nSPS) is 12.8. The number of rotatable bonds is 8. The zero-order valence-corrected chi connectivity index (χ0v) is 25.4. The Morgan fingerprint density at radius 3 is 1.79 bits per heavy atom. The van der Waals surface area contributed by atoms with Crippen molar-refractivity contribution in [2.45, 2.75) is 51.5 Å². The Balaban J connectivity index is 1.21. The summed E-state index contributed by atoms with van der Waals surface area (Å²) < 4.78 is 2.71. The number of anilines is 1. The summed E-state index contributed by atoms with van der Waals surface area (Å²) in [5, 5.41) is 7.36. The molecule has 2 aliphatic carbocycles. The second-order valence-corrected chi connectivity index (χ2v) is 12.1. The quantitative estimate of drug-likeness (QED) is 0.110. The van der Waals surface area contributed by atoms with Gasteiger partial charge in [0.15, 0.2) is 5.11 Å².